The van der Waals surface area contributed by atoms with Gasteiger partial charge in [-0.2, -0.15) is 0 Å². The molecular formula is C9H19NO3. The van der Waals surface area contributed by atoms with Crippen LogP contribution in [0, 0.1) is 0 Å². The third-order valence-corrected chi connectivity index (χ3v) is 1.41. The van der Waals surface area contributed by atoms with Crippen molar-refractivity contribution in [2.24, 2.45) is 0 Å². The maximum Gasteiger partial charge on any atom is 0.320 e. The first-order chi connectivity index (χ1) is 6.20. The maximum atomic E-state index is 11.0. The van der Waals surface area contributed by atoms with Crippen molar-refractivity contribution >= 4 is 5.97 Å². The molecule has 4 nitrogen and oxygen atoms in total. The zero-order valence-corrected chi connectivity index (χ0v) is 8.63. The van der Waals surface area contributed by atoms with Gasteiger partial charge in [-0.3, -0.25) is 4.79 Å². The third-order valence-electron chi connectivity index (χ3n) is 1.41. The third kappa shape index (κ3) is 7.74. The van der Waals surface area contributed by atoms with Gasteiger partial charge in [-0.15, -0.1) is 0 Å². The molecule has 0 fully saturated rings. The summed E-state index contributed by atoms with van der Waals surface area (Å²) in [5.74, 6) is -0.228. The van der Waals surface area contributed by atoms with E-state index in [9.17, 15) is 4.79 Å². The lowest BCUT2D eigenvalue weighted by Crippen LogP contribution is -2.29. The molecule has 0 aliphatic rings. The number of rotatable bonds is 7. The van der Waals surface area contributed by atoms with E-state index in [0.717, 1.165) is 6.54 Å². The van der Waals surface area contributed by atoms with Crippen molar-refractivity contribution in [2.45, 2.75) is 26.9 Å². The maximum absolute atomic E-state index is 11.0. The Morgan fingerprint density at radius 1 is 1.46 bits per heavy atom. The van der Waals surface area contributed by atoms with E-state index >= 15 is 0 Å². The average Bonchev–Trinajstić information content (AvgIpc) is 2.11. The number of hydrogen-bond donors (Lipinski definition) is 1. The second kappa shape index (κ2) is 8.01. The summed E-state index contributed by atoms with van der Waals surface area (Å²) in [6.45, 7) is 7.83. The van der Waals surface area contributed by atoms with Gasteiger partial charge in [0.05, 0.1) is 13.2 Å². The lowest BCUT2D eigenvalue weighted by atomic mass is 10.4. The molecule has 0 saturated heterocycles. The number of nitrogens with one attached hydrogen (secondary N) is 1. The largest absolute Gasteiger partial charge is 0.459 e. The van der Waals surface area contributed by atoms with Crippen molar-refractivity contribution in [1.29, 1.82) is 0 Å². The molecule has 0 aliphatic heterocycles. The second-order valence-corrected chi connectivity index (χ2v) is 2.74. The van der Waals surface area contributed by atoms with E-state index in [1.807, 2.05) is 20.8 Å². The molecule has 1 unspecified atom stereocenters. The molecule has 0 heterocycles. The number of carbonyl (C=O) groups is 1. The van der Waals surface area contributed by atoms with Crippen molar-refractivity contribution in [3.8, 4) is 0 Å². The Morgan fingerprint density at radius 3 is 2.69 bits per heavy atom. The predicted molar refractivity (Wildman–Crippen MR) is 50.6 cm³/mol. The first kappa shape index (κ1) is 12.4. The Morgan fingerprint density at radius 2 is 2.15 bits per heavy atom. The highest BCUT2D eigenvalue weighted by molar-refractivity contribution is 5.71. The average molecular weight is 189 g/mol. The highest BCUT2D eigenvalue weighted by atomic mass is 16.6. The van der Waals surface area contributed by atoms with Crippen molar-refractivity contribution in [2.75, 3.05) is 26.3 Å². The molecule has 0 saturated carbocycles. The monoisotopic (exact) mass is 189 g/mol. The van der Waals surface area contributed by atoms with Crippen LogP contribution in [0.1, 0.15) is 20.8 Å². The van der Waals surface area contributed by atoms with Crippen molar-refractivity contribution < 1.29 is 14.3 Å². The SMILES string of the molecule is CCNCC(=O)OC(C)COCC. The van der Waals surface area contributed by atoms with Crippen LogP contribution in [0.5, 0.6) is 0 Å². The molecule has 0 aromatic rings. The fourth-order valence-corrected chi connectivity index (χ4v) is 0.811. The van der Waals surface area contributed by atoms with E-state index < -0.39 is 0 Å². The standard InChI is InChI=1S/C9H19NO3/c1-4-10-6-9(11)13-8(3)7-12-5-2/h8,10H,4-7H2,1-3H3. The molecular weight excluding hydrogens is 170 g/mol. The zero-order valence-electron chi connectivity index (χ0n) is 8.63. The number of hydrogen-bond acceptors (Lipinski definition) is 4. The number of carbonyl (C=O) groups excluding carboxylic acids is 1. The van der Waals surface area contributed by atoms with Gasteiger partial charge < -0.3 is 14.8 Å². The molecule has 0 aromatic heterocycles. The summed E-state index contributed by atoms with van der Waals surface area (Å²) in [4.78, 5) is 11.0. The molecule has 0 bridgehead atoms. The van der Waals surface area contributed by atoms with Crippen LogP contribution in [0.25, 0.3) is 0 Å². The topological polar surface area (TPSA) is 47.6 Å². The number of likely N-dealkylation sites (N-methyl/N-ethyl adjacent to an activating group) is 1. The van der Waals surface area contributed by atoms with E-state index in [1.165, 1.54) is 0 Å². The van der Waals surface area contributed by atoms with E-state index in [1.54, 1.807) is 0 Å². The minimum atomic E-state index is -0.228. The summed E-state index contributed by atoms with van der Waals surface area (Å²) in [5.41, 5.74) is 0. The Bertz CT molecular complexity index is 139. The normalized spacial score (nSPS) is 12.5. The fourth-order valence-electron chi connectivity index (χ4n) is 0.811. The summed E-state index contributed by atoms with van der Waals surface area (Å²) in [5, 5.41) is 2.89. The van der Waals surface area contributed by atoms with Gasteiger partial charge >= 0.3 is 5.97 Å². The summed E-state index contributed by atoms with van der Waals surface area (Å²) in [6, 6.07) is 0. The van der Waals surface area contributed by atoms with Gasteiger partial charge in [0.1, 0.15) is 6.10 Å². The van der Waals surface area contributed by atoms with E-state index in [0.29, 0.717) is 13.2 Å². The Balaban J connectivity index is 3.41. The molecule has 0 radical (unpaired) electrons. The van der Waals surface area contributed by atoms with Crippen molar-refractivity contribution in [1.82, 2.24) is 5.32 Å². The van der Waals surface area contributed by atoms with Crippen molar-refractivity contribution in [3.63, 3.8) is 0 Å². The van der Waals surface area contributed by atoms with E-state index in [2.05, 4.69) is 5.32 Å². The van der Waals surface area contributed by atoms with Gasteiger partial charge in [0, 0.05) is 6.61 Å². The number of esters is 1. The molecule has 0 amide bonds. The minimum absolute atomic E-state index is 0.161. The minimum Gasteiger partial charge on any atom is -0.459 e. The summed E-state index contributed by atoms with van der Waals surface area (Å²) in [7, 11) is 0. The molecule has 0 rings (SSSR count). The van der Waals surface area contributed by atoms with Crippen LogP contribution in [-0.4, -0.2) is 38.4 Å². The van der Waals surface area contributed by atoms with Crippen LogP contribution in [0.3, 0.4) is 0 Å². The Labute approximate surface area is 79.6 Å². The lowest BCUT2D eigenvalue weighted by Gasteiger charge is -2.12. The molecule has 4 heteroatoms. The second-order valence-electron chi connectivity index (χ2n) is 2.74. The predicted octanol–water partition coefficient (Wildman–Crippen LogP) is 0.564. The van der Waals surface area contributed by atoms with Crippen LogP contribution in [0.4, 0.5) is 0 Å². The van der Waals surface area contributed by atoms with Gasteiger partial charge in [0.15, 0.2) is 0 Å². The van der Waals surface area contributed by atoms with Gasteiger partial charge in [-0.1, -0.05) is 6.92 Å². The van der Waals surface area contributed by atoms with E-state index in [4.69, 9.17) is 9.47 Å². The quantitative estimate of drug-likeness (QED) is 0.595. The molecule has 0 aliphatic carbocycles. The van der Waals surface area contributed by atoms with Gasteiger partial charge in [0.25, 0.3) is 0 Å². The lowest BCUT2D eigenvalue weighted by molar-refractivity contribution is -0.149. The fraction of sp³-hybridized carbons (Fsp3) is 0.889. The Kier molecular flexibility index (Phi) is 7.63. The molecule has 13 heavy (non-hydrogen) atoms. The molecule has 1 atom stereocenters. The van der Waals surface area contributed by atoms with Gasteiger partial charge in [0.2, 0.25) is 0 Å². The van der Waals surface area contributed by atoms with Gasteiger partial charge in [-0.25, -0.2) is 0 Å². The molecule has 78 valence electrons. The first-order valence-corrected chi connectivity index (χ1v) is 4.68. The van der Waals surface area contributed by atoms with Gasteiger partial charge in [-0.05, 0) is 20.4 Å². The summed E-state index contributed by atoms with van der Waals surface area (Å²) < 4.78 is 10.1. The van der Waals surface area contributed by atoms with Crippen molar-refractivity contribution in [3.05, 3.63) is 0 Å². The van der Waals surface area contributed by atoms with Crippen LogP contribution >= 0.6 is 0 Å². The van der Waals surface area contributed by atoms with Crippen LogP contribution < -0.4 is 5.32 Å². The molecule has 0 aromatic carbocycles. The summed E-state index contributed by atoms with van der Waals surface area (Å²) >= 11 is 0. The molecule has 1 N–H and O–H groups in total. The molecule has 0 spiro atoms. The number of ether oxygens (including phenoxy) is 2. The van der Waals surface area contributed by atoms with Crippen LogP contribution in [0.15, 0.2) is 0 Å². The zero-order chi connectivity index (χ0) is 10.1. The Hall–Kier alpha value is -0.610. The highest BCUT2D eigenvalue weighted by Gasteiger charge is 2.07. The van der Waals surface area contributed by atoms with E-state index in [-0.39, 0.29) is 18.6 Å². The highest BCUT2D eigenvalue weighted by Crippen LogP contribution is 1.92. The summed E-state index contributed by atoms with van der Waals surface area (Å²) in [6.07, 6.45) is -0.161. The first-order valence-electron chi connectivity index (χ1n) is 4.68. The van der Waals surface area contributed by atoms with Crippen LogP contribution in [-0.2, 0) is 14.3 Å². The smallest absolute Gasteiger partial charge is 0.320 e. The van der Waals surface area contributed by atoms with Crippen LogP contribution in [0.2, 0.25) is 0 Å².